The van der Waals surface area contributed by atoms with E-state index in [-0.39, 0.29) is 0 Å². The molecule has 0 radical (unpaired) electrons. The number of fused-ring (bicyclic) bond motifs is 2. The van der Waals surface area contributed by atoms with Gasteiger partial charge in [0.2, 0.25) is 0 Å². The van der Waals surface area contributed by atoms with E-state index in [0.717, 1.165) is 22.8 Å². The largest absolute Gasteiger partial charge is 0.488 e. The molecule has 0 amide bonds. The summed E-state index contributed by atoms with van der Waals surface area (Å²) in [6, 6.07) is 6.60. The summed E-state index contributed by atoms with van der Waals surface area (Å²) in [6.07, 6.45) is 4.36. The number of rotatable bonds is 8. The Bertz CT molecular complexity index is 1040. The van der Waals surface area contributed by atoms with E-state index in [4.69, 9.17) is 18.3 Å². The van der Waals surface area contributed by atoms with E-state index in [1.165, 1.54) is 6.07 Å². The van der Waals surface area contributed by atoms with E-state index in [1.54, 1.807) is 25.5 Å². The first-order valence-corrected chi connectivity index (χ1v) is 9.27. The highest BCUT2D eigenvalue weighted by atomic mass is 16.5. The zero-order valence-corrected chi connectivity index (χ0v) is 16.7. The Morgan fingerprint density at radius 1 is 1.25 bits per heavy atom. The average Bonchev–Trinajstić information content (AvgIpc) is 3.13. The van der Waals surface area contributed by atoms with Gasteiger partial charge >= 0.3 is 5.63 Å². The number of hydrogen-bond acceptors (Lipinski definition) is 6. The number of furan rings is 1. The Morgan fingerprint density at radius 3 is 2.75 bits per heavy atom. The highest BCUT2D eigenvalue weighted by molar-refractivity contribution is 6.01. The normalized spacial score (nSPS) is 14.0. The number of aliphatic hydroxyl groups excluding tert-OH is 1. The van der Waals surface area contributed by atoms with Crippen molar-refractivity contribution in [2.75, 3.05) is 13.7 Å². The molecule has 0 fully saturated rings. The first-order chi connectivity index (χ1) is 13.3. The molecule has 2 aromatic heterocycles. The van der Waals surface area contributed by atoms with E-state index >= 15 is 0 Å². The molecule has 0 spiro atoms. The minimum atomic E-state index is -0.573. The van der Waals surface area contributed by atoms with Gasteiger partial charge in [-0.2, -0.15) is 0 Å². The minimum absolute atomic E-state index is 0.355. The van der Waals surface area contributed by atoms with Gasteiger partial charge in [0.15, 0.2) is 0 Å². The maximum atomic E-state index is 11.5. The summed E-state index contributed by atoms with van der Waals surface area (Å²) < 4.78 is 22.0. The van der Waals surface area contributed by atoms with Gasteiger partial charge in [-0.15, -0.1) is 0 Å². The second kappa shape index (κ2) is 8.20. The van der Waals surface area contributed by atoms with Crippen LogP contribution in [0.1, 0.15) is 33.6 Å². The molecule has 1 N–H and O–H groups in total. The Kier molecular flexibility index (Phi) is 5.91. The lowest BCUT2D eigenvalue weighted by atomic mass is 9.95. The Morgan fingerprint density at radius 2 is 2.00 bits per heavy atom. The predicted octanol–water partition coefficient (Wildman–Crippen LogP) is 4.43. The van der Waals surface area contributed by atoms with Crippen LogP contribution in [0, 0.1) is 0 Å². The fourth-order valence-electron chi connectivity index (χ4n) is 2.98. The summed E-state index contributed by atoms with van der Waals surface area (Å²) in [5.74, 6) is 0.620. The van der Waals surface area contributed by atoms with E-state index < -0.39 is 17.3 Å². The SMILES string of the molecule is COC(C)(C)[C@H](O)CCC(C)=CCOc1c2ccoc2cc2oc(=O)ccc12. The predicted molar refractivity (Wildman–Crippen MR) is 108 cm³/mol. The second-order valence-electron chi connectivity index (χ2n) is 7.43. The lowest BCUT2D eigenvalue weighted by Crippen LogP contribution is -2.37. The lowest BCUT2D eigenvalue weighted by Gasteiger charge is -2.29. The van der Waals surface area contributed by atoms with Gasteiger partial charge in [0, 0.05) is 19.2 Å². The summed E-state index contributed by atoms with van der Waals surface area (Å²) in [4.78, 5) is 11.5. The minimum Gasteiger partial charge on any atom is -0.488 e. The van der Waals surface area contributed by atoms with Crippen LogP contribution in [0.2, 0.25) is 0 Å². The third-order valence-corrected chi connectivity index (χ3v) is 5.11. The summed E-state index contributed by atoms with van der Waals surface area (Å²) >= 11 is 0. The van der Waals surface area contributed by atoms with Crippen LogP contribution < -0.4 is 10.4 Å². The molecule has 6 nitrogen and oxygen atoms in total. The number of hydrogen-bond donors (Lipinski definition) is 1. The molecule has 0 saturated heterocycles. The molecular formula is C22H26O6. The van der Waals surface area contributed by atoms with Gasteiger partial charge < -0.3 is 23.4 Å². The summed E-state index contributed by atoms with van der Waals surface area (Å²) in [7, 11) is 1.60. The Balaban J connectivity index is 1.73. The van der Waals surface area contributed by atoms with Crippen molar-refractivity contribution in [3.8, 4) is 5.75 Å². The van der Waals surface area contributed by atoms with Crippen molar-refractivity contribution in [3.63, 3.8) is 0 Å². The number of aliphatic hydroxyl groups is 1. The number of methoxy groups -OCH3 is 1. The third kappa shape index (κ3) is 4.29. The zero-order valence-electron chi connectivity index (χ0n) is 16.7. The molecule has 1 atom stereocenters. The molecule has 0 saturated carbocycles. The van der Waals surface area contributed by atoms with Crippen LogP contribution in [0.4, 0.5) is 0 Å². The summed E-state index contributed by atoms with van der Waals surface area (Å²) in [5, 5.41) is 11.8. The maximum Gasteiger partial charge on any atom is 0.336 e. The van der Waals surface area contributed by atoms with Crippen molar-refractivity contribution >= 4 is 21.9 Å². The van der Waals surface area contributed by atoms with E-state index in [9.17, 15) is 9.90 Å². The highest BCUT2D eigenvalue weighted by Crippen LogP contribution is 2.35. The molecule has 0 aliphatic heterocycles. The van der Waals surface area contributed by atoms with E-state index in [0.29, 0.717) is 29.9 Å². The Hall–Kier alpha value is -2.57. The van der Waals surface area contributed by atoms with Crippen LogP contribution >= 0.6 is 0 Å². The second-order valence-corrected chi connectivity index (χ2v) is 7.43. The molecule has 0 aliphatic carbocycles. The quantitative estimate of drug-likeness (QED) is 0.456. The van der Waals surface area contributed by atoms with Crippen LogP contribution in [-0.4, -0.2) is 30.5 Å². The van der Waals surface area contributed by atoms with Gasteiger partial charge in [-0.05, 0) is 51.8 Å². The summed E-state index contributed by atoms with van der Waals surface area (Å²) in [6.45, 7) is 6.10. The summed E-state index contributed by atoms with van der Waals surface area (Å²) in [5.41, 5.74) is 1.15. The number of allylic oxidation sites excluding steroid dienone is 1. The molecule has 6 heteroatoms. The maximum absolute atomic E-state index is 11.5. The monoisotopic (exact) mass is 386 g/mol. The van der Waals surface area contributed by atoms with Crippen molar-refractivity contribution in [3.05, 3.63) is 52.6 Å². The van der Waals surface area contributed by atoms with Crippen molar-refractivity contribution in [2.24, 2.45) is 0 Å². The van der Waals surface area contributed by atoms with Crippen LogP contribution in [0.25, 0.3) is 21.9 Å². The zero-order chi connectivity index (χ0) is 20.3. The van der Waals surface area contributed by atoms with Gasteiger partial charge in [0.05, 0.1) is 28.7 Å². The molecule has 150 valence electrons. The fourth-order valence-corrected chi connectivity index (χ4v) is 2.98. The molecule has 1 aromatic carbocycles. The fraction of sp³-hybridized carbons (Fsp3) is 0.409. The molecule has 3 rings (SSSR count). The van der Waals surface area contributed by atoms with Crippen LogP contribution in [0.5, 0.6) is 5.75 Å². The molecule has 2 heterocycles. The highest BCUT2D eigenvalue weighted by Gasteiger charge is 2.26. The third-order valence-electron chi connectivity index (χ3n) is 5.11. The van der Waals surface area contributed by atoms with Crippen LogP contribution in [-0.2, 0) is 4.74 Å². The number of ether oxygens (including phenoxy) is 2. The molecule has 28 heavy (non-hydrogen) atoms. The van der Waals surface area contributed by atoms with Crippen molar-refractivity contribution in [1.82, 2.24) is 0 Å². The Labute approximate surface area is 163 Å². The molecule has 0 unspecified atom stereocenters. The molecular weight excluding hydrogens is 360 g/mol. The molecule has 0 bridgehead atoms. The van der Waals surface area contributed by atoms with Crippen molar-refractivity contribution in [2.45, 2.75) is 45.3 Å². The first-order valence-electron chi connectivity index (χ1n) is 9.27. The topological polar surface area (TPSA) is 82.0 Å². The number of benzene rings is 1. The van der Waals surface area contributed by atoms with Gasteiger partial charge in [0.25, 0.3) is 0 Å². The van der Waals surface area contributed by atoms with E-state index in [2.05, 4.69) is 0 Å². The molecule has 0 aliphatic rings. The lowest BCUT2D eigenvalue weighted by molar-refractivity contribution is -0.0797. The average molecular weight is 386 g/mol. The first kappa shape index (κ1) is 20.2. The van der Waals surface area contributed by atoms with Gasteiger partial charge in [-0.25, -0.2) is 4.79 Å². The molecule has 3 aromatic rings. The van der Waals surface area contributed by atoms with Gasteiger partial charge in [-0.1, -0.05) is 5.57 Å². The van der Waals surface area contributed by atoms with Gasteiger partial charge in [-0.3, -0.25) is 0 Å². The smallest absolute Gasteiger partial charge is 0.336 e. The van der Waals surface area contributed by atoms with Crippen LogP contribution in [0.3, 0.4) is 0 Å². The van der Waals surface area contributed by atoms with Gasteiger partial charge in [0.1, 0.15) is 23.5 Å². The van der Waals surface area contributed by atoms with Crippen LogP contribution in [0.15, 0.2) is 55.8 Å². The van der Waals surface area contributed by atoms with Crippen molar-refractivity contribution < 1.29 is 23.4 Å². The standard InChI is InChI=1S/C22H26O6/c1-14(5-7-19(23)22(2,3)25-4)9-11-27-21-15-6-8-20(24)28-18(15)13-17-16(21)10-12-26-17/h6,8-10,12-13,19,23H,5,7,11H2,1-4H3/t19-/m1/s1. The van der Waals surface area contributed by atoms with Crippen molar-refractivity contribution in [1.29, 1.82) is 0 Å². The van der Waals surface area contributed by atoms with E-state index in [1.807, 2.05) is 32.9 Å².